The van der Waals surface area contributed by atoms with Crippen LogP contribution in [0.5, 0.6) is 0 Å². The van der Waals surface area contributed by atoms with Crippen LogP contribution in [0.3, 0.4) is 0 Å². The van der Waals surface area contributed by atoms with Gasteiger partial charge in [0.1, 0.15) is 0 Å². The van der Waals surface area contributed by atoms with Crippen LogP contribution in [-0.4, -0.2) is 21.7 Å². The lowest BCUT2D eigenvalue weighted by Crippen LogP contribution is -2.25. The number of aromatic nitrogens is 2. The fourth-order valence-electron chi connectivity index (χ4n) is 2.59. The molecule has 0 spiro atoms. The van der Waals surface area contributed by atoms with Gasteiger partial charge >= 0.3 is 6.18 Å². The molecule has 0 amide bonds. The number of carbonyl (C=O) groups is 1. The minimum atomic E-state index is -4.85. The molecule has 0 fully saturated rings. The zero-order chi connectivity index (χ0) is 16.2. The van der Waals surface area contributed by atoms with Crippen LogP contribution in [0.25, 0.3) is 0 Å². The Balaban J connectivity index is 3.24. The molecule has 1 heterocycles. The van der Waals surface area contributed by atoms with E-state index in [0.29, 0.717) is 31.0 Å². The van der Waals surface area contributed by atoms with Crippen molar-refractivity contribution in [3.05, 3.63) is 17.0 Å². The molecule has 0 radical (unpaired) electrons. The smallest absolute Gasteiger partial charge is 0.284 e. The Hall–Kier alpha value is -1.33. The second-order valence-electron chi connectivity index (χ2n) is 5.38. The number of Topliss-reactive ketones (excluding diaryl/α,β-unsaturated/α-hetero) is 1. The lowest BCUT2D eigenvalue weighted by Gasteiger charge is -2.13. The Labute approximate surface area is 123 Å². The quantitative estimate of drug-likeness (QED) is 0.708. The molecule has 1 rings (SSSR count). The summed E-state index contributed by atoms with van der Waals surface area (Å²) in [4.78, 5) is 11.7. The maximum absolute atomic E-state index is 12.8. The van der Waals surface area contributed by atoms with Crippen LogP contribution >= 0.6 is 0 Å². The van der Waals surface area contributed by atoms with Crippen molar-refractivity contribution in [3.8, 4) is 0 Å². The lowest BCUT2D eigenvalue weighted by atomic mass is 10.0. The van der Waals surface area contributed by atoms with Gasteiger partial charge in [-0.15, -0.1) is 0 Å². The van der Waals surface area contributed by atoms with Gasteiger partial charge in [0.2, 0.25) is 0 Å². The highest BCUT2D eigenvalue weighted by molar-refractivity contribution is 6.02. The fourth-order valence-corrected chi connectivity index (χ4v) is 2.59. The normalized spacial score (nSPS) is 13.5. The zero-order valence-electron chi connectivity index (χ0n) is 13.0. The van der Waals surface area contributed by atoms with Gasteiger partial charge in [-0.3, -0.25) is 9.48 Å². The first-order valence-electron chi connectivity index (χ1n) is 7.46. The summed E-state index contributed by atoms with van der Waals surface area (Å²) in [6.45, 7) is 8.13. The largest absolute Gasteiger partial charge is 0.455 e. The van der Waals surface area contributed by atoms with Crippen LogP contribution in [0.1, 0.15) is 62.3 Å². The molecule has 1 atom stereocenters. The van der Waals surface area contributed by atoms with E-state index in [1.807, 2.05) is 6.92 Å². The highest BCUT2D eigenvalue weighted by Gasteiger charge is 2.42. The third-order valence-electron chi connectivity index (χ3n) is 3.55. The minimum absolute atomic E-state index is 0.240. The second-order valence-corrected chi connectivity index (χ2v) is 5.38. The predicted octanol–water partition coefficient (Wildman–Crippen LogP) is 4.19. The van der Waals surface area contributed by atoms with Crippen LogP contribution in [0.2, 0.25) is 0 Å². The predicted molar refractivity (Wildman–Crippen MR) is 75.4 cm³/mol. The number of halogens is 3. The molecule has 6 heteroatoms. The molecule has 0 N–H and O–H groups in total. The number of alkyl halides is 3. The highest BCUT2D eigenvalue weighted by Crippen LogP contribution is 2.27. The van der Waals surface area contributed by atoms with Crippen molar-refractivity contribution in [1.82, 2.24) is 9.78 Å². The van der Waals surface area contributed by atoms with Crippen molar-refractivity contribution in [2.45, 2.75) is 66.1 Å². The van der Waals surface area contributed by atoms with Crippen LogP contribution < -0.4 is 0 Å². The van der Waals surface area contributed by atoms with Crippen molar-refractivity contribution in [1.29, 1.82) is 0 Å². The summed E-state index contributed by atoms with van der Waals surface area (Å²) >= 11 is 0. The molecule has 0 bridgehead atoms. The Bertz CT molecular complexity index is 492. The first-order valence-corrected chi connectivity index (χ1v) is 7.46. The van der Waals surface area contributed by atoms with Gasteiger partial charge in [0.05, 0.1) is 11.3 Å². The minimum Gasteiger partial charge on any atom is -0.284 e. The summed E-state index contributed by atoms with van der Waals surface area (Å²) in [5, 5.41) is 4.25. The summed E-state index contributed by atoms with van der Waals surface area (Å²) in [7, 11) is 0. The van der Waals surface area contributed by atoms with Gasteiger partial charge < -0.3 is 0 Å². The molecule has 1 aromatic heterocycles. The molecule has 120 valence electrons. The van der Waals surface area contributed by atoms with Gasteiger partial charge in [-0.2, -0.15) is 18.3 Å². The average molecular weight is 304 g/mol. The van der Waals surface area contributed by atoms with Gasteiger partial charge in [0.15, 0.2) is 0 Å². The monoisotopic (exact) mass is 304 g/mol. The Morgan fingerprint density at radius 3 is 2.29 bits per heavy atom. The SMILES string of the molecule is CCCC(C)Cn1nc(CC)c(C(=O)C(F)(F)F)c1CC. The zero-order valence-corrected chi connectivity index (χ0v) is 13.0. The topological polar surface area (TPSA) is 34.9 Å². The number of hydrogen-bond acceptors (Lipinski definition) is 2. The molecule has 0 aliphatic heterocycles. The number of nitrogens with zero attached hydrogens (tertiary/aromatic N) is 2. The summed E-state index contributed by atoms with van der Waals surface area (Å²) in [5.74, 6) is -1.45. The maximum atomic E-state index is 12.8. The van der Waals surface area contributed by atoms with Gasteiger partial charge in [0.25, 0.3) is 5.78 Å². The standard InChI is InChI=1S/C15H23F3N2O/c1-5-8-10(4)9-20-12(7-3)13(11(6-2)19-20)14(21)15(16,17)18/h10H,5-9H2,1-4H3. The lowest BCUT2D eigenvalue weighted by molar-refractivity contribution is -0.0886. The Kier molecular flexibility index (Phi) is 5.98. The number of hydrogen-bond donors (Lipinski definition) is 0. The summed E-state index contributed by atoms with van der Waals surface area (Å²) in [6, 6.07) is 0. The molecule has 0 aliphatic rings. The number of aryl methyl sites for hydroxylation is 1. The molecule has 0 aromatic carbocycles. The molecule has 1 unspecified atom stereocenters. The van der Waals surface area contributed by atoms with E-state index >= 15 is 0 Å². The highest BCUT2D eigenvalue weighted by atomic mass is 19.4. The number of ketones is 1. The van der Waals surface area contributed by atoms with E-state index in [1.165, 1.54) is 0 Å². The summed E-state index contributed by atoms with van der Waals surface area (Å²) in [6.07, 6.45) is -2.18. The molecule has 0 saturated heterocycles. The molecular formula is C15H23F3N2O. The molecule has 21 heavy (non-hydrogen) atoms. The Morgan fingerprint density at radius 1 is 1.24 bits per heavy atom. The van der Waals surface area contributed by atoms with E-state index in [1.54, 1.807) is 18.5 Å². The summed E-state index contributed by atoms with van der Waals surface area (Å²) in [5.41, 5.74) is 0.409. The average Bonchev–Trinajstić information content (AvgIpc) is 2.74. The van der Waals surface area contributed by atoms with Crippen molar-refractivity contribution in [3.63, 3.8) is 0 Å². The summed E-state index contributed by atoms with van der Waals surface area (Å²) < 4.78 is 39.9. The number of rotatable bonds is 7. The van der Waals surface area contributed by atoms with E-state index in [2.05, 4.69) is 12.0 Å². The maximum Gasteiger partial charge on any atom is 0.455 e. The van der Waals surface area contributed by atoms with Gasteiger partial charge in [-0.25, -0.2) is 0 Å². The van der Waals surface area contributed by atoms with Crippen LogP contribution in [0, 0.1) is 5.92 Å². The van der Waals surface area contributed by atoms with Gasteiger partial charge in [0, 0.05) is 12.2 Å². The van der Waals surface area contributed by atoms with Crippen molar-refractivity contribution >= 4 is 5.78 Å². The molecule has 0 aliphatic carbocycles. The molecular weight excluding hydrogens is 281 g/mol. The van der Waals surface area contributed by atoms with Crippen LogP contribution in [0.4, 0.5) is 13.2 Å². The molecule has 1 aromatic rings. The first-order chi connectivity index (χ1) is 9.76. The fraction of sp³-hybridized carbons (Fsp3) is 0.733. The van der Waals surface area contributed by atoms with E-state index in [4.69, 9.17) is 0 Å². The third-order valence-corrected chi connectivity index (χ3v) is 3.55. The van der Waals surface area contributed by atoms with E-state index in [-0.39, 0.29) is 11.3 Å². The molecule has 3 nitrogen and oxygen atoms in total. The van der Waals surface area contributed by atoms with E-state index in [0.717, 1.165) is 12.8 Å². The van der Waals surface area contributed by atoms with E-state index < -0.39 is 12.0 Å². The Morgan fingerprint density at radius 2 is 1.86 bits per heavy atom. The van der Waals surface area contributed by atoms with Crippen LogP contribution in [0.15, 0.2) is 0 Å². The number of carbonyl (C=O) groups excluding carboxylic acids is 1. The molecule has 0 saturated carbocycles. The van der Waals surface area contributed by atoms with Crippen molar-refractivity contribution < 1.29 is 18.0 Å². The van der Waals surface area contributed by atoms with E-state index in [9.17, 15) is 18.0 Å². The van der Waals surface area contributed by atoms with Crippen molar-refractivity contribution in [2.24, 2.45) is 5.92 Å². The van der Waals surface area contributed by atoms with Gasteiger partial charge in [-0.05, 0) is 25.2 Å². The second kappa shape index (κ2) is 7.09. The third kappa shape index (κ3) is 4.08. The van der Waals surface area contributed by atoms with Crippen LogP contribution in [-0.2, 0) is 19.4 Å². The first kappa shape index (κ1) is 17.7. The van der Waals surface area contributed by atoms with Crippen molar-refractivity contribution in [2.75, 3.05) is 0 Å². The van der Waals surface area contributed by atoms with Gasteiger partial charge in [-0.1, -0.05) is 34.1 Å².